The van der Waals surface area contributed by atoms with Crippen molar-refractivity contribution in [3.05, 3.63) is 23.8 Å². The van der Waals surface area contributed by atoms with Crippen LogP contribution in [-0.2, 0) is 4.79 Å². The summed E-state index contributed by atoms with van der Waals surface area (Å²) in [5.41, 5.74) is 0.658. The maximum Gasteiger partial charge on any atom is 0.244 e. The number of methoxy groups -OCH3 is 1. The molecule has 0 aliphatic carbocycles. The van der Waals surface area contributed by atoms with Gasteiger partial charge < -0.3 is 9.84 Å². The Morgan fingerprint density at radius 1 is 1.08 bits per heavy atom. The zero-order valence-electron chi connectivity index (χ0n) is 16.2. The molecule has 4 aliphatic heterocycles. The number of nitrogens with one attached hydrogen (secondary N) is 2. The molecule has 5 rings (SSSR count). The van der Waals surface area contributed by atoms with E-state index in [1.807, 2.05) is 18.2 Å². The number of para-hydroxylation sites is 1. The number of carbonyl (C=O) groups is 1. The van der Waals surface area contributed by atoms with E-state index in [2.05, 4.69) is 13.8 Å². The summed E-state index contributed by atoms with van der Waals surface area (Å²) in [6.45, 7) is 8.04. The first kappa shape index (κ1) is 17.8. The van der Waals surface area contributed by atoms with Crippen LogP contribution >= 0.6 is 0 Å². The van der Waals surface area contributed by atoms with Gasteiger partial charge in [0.25, 0.3) is 0 Å². The second-order valence-electron chi connectivity index (χ2n) is 8.74. The predicted molar refractivity (Wildman–Crippen MR) is 98.5 cm³/mol. The van der Waals surface area contributed by atoms with Crippen molar-refractivity contribution in [2.45, 2.75) is 45.7 Å². The maximum atomic E-state index is 13.5. The highest BCUT2D eigenvalue weighted by Gasteiger charge is 2.70. The molecule has 4 saturated heterocycles. The number of benzene rings is 1. The van der Waals surface area contributed by atoms with Gasteiger partial charge in [0.1, 0.15) is 42.6 Å². The van der Waals surface area contributed by atoms with E-state index in [1.54, 1.807) is 7.11 Å². The molecule has 5 nitrogen and oxygen atoms in total. The van der Waals surface area contributed by atoms with Crippen molar-refractivity contribution >= 4 is 5.78 Å². The molecule has 0 saturated carbocycles. The molecule has 142 valence electrons. The Bertz CT molecular complexity index is 673. The van der Waals surface area contributed by atoms with E-state index >= 15 is 0 Å². The monoisotopic (exact) mass is 360 g/mol. The molecular weight excluding hydrogens is 328 g/mol. The van der Waals surface area contributed by atoms with E-state index in [1.165, 1.54) is 9.80 Å². The largest absolute Gasteiger partial charge is 0.504 e. The van der Waals surface area contributed by atoms with Crippen LogP contribution in [0.2, 0.25) is 0 Å². The third-order valence-electron chi connectivity index (χ3n) is 7.06. The summed E-state index contributed by atoms with van der Waals surface area (Å²) in [4.78, 5) is 16.5. The molecule has 0 unspecified atom stereocenters. The van der Waals surface area contributed by atoms with Crippen LogP contribution in [0.4, 0.5) is 0 Å². The smallest absolute Gasteiger partial charge is 0.244 e. The van der Waals surface area contributed by atoms with Gasteiger partial charge in [-0.25, -0.2) is 0 Å². The third-order valence-corrected chi connectivity index (χ3v) is 7.06. The fourth-order valence-corrected chi connectivity index (χ4v) is 6.48. The number of hydrogen-bond donors (Lipinski definition) is 3. The molecule has 0 amide bonds. The van der Waals surface area contributed by atoms with Crippen molar-refractivity contribution in [2.24, 2.45) is 10.8 Å². The highest BCUT2D eigenvalue weighted by molar-refractivity contribution is 5.92. The number of phenols is 1. The number of carbonyl (C=O) groups excluding carboxylic acids is 1. The van der Waals surface area contributed by atoms with Crippen molar-refractivity contribution in [3.8, 4) is 11.5 Å². The molecule has 0 radical (unpaired) electrons. The lowest BCUT2D eigenvalue weighted by molar-refractivity contribution is -1.18. The summed E-state index contributed by atoms with van der Waals surface area (Å²) in [5.74, 6) is 1.36. The summed E-state index contributed by atoms with van der Waals surface area (Å²) in [6.07, 6.45) is 4.32. The van der Waals surface area contributed by atoms with Crippen LogP contribution < -0.4 is 14.5 Å². The molecule has 0 aromatic heterocycles. The van der Waals surface area contributed by atoms with Gasteiger partial charge in [-0.15, -0.1) is 0 Å². The molecule has 5 heteroatoms. The number of ketones is 1. The van der Waals surface area contributed by atoms with Crippen molar-refractivity contribution in [2.75, 3.05) is 33.3 Å². The number of hydrogen-bond acceptors (Lipinski definition) is 3. The van der Waals surface area contributed by atoms with Gasteiger partial charge in [0.15, 0.2) is 17.3 Å². The average molecular weight is 360 g/mol. The van der Waals surface area contributed by atoms with Gasteiger partial charge in [-0.05, 0) is 25.0 Å². The SMILES string of the molecule is CCCC12C[NH+]3CC(CCC)(C[NH+](C1)C3c1cccc(OC)c1O)C2=O. The van der Waals surface area contributed by atoms with E-state index in [-0.39, 0.29) is 22.7 Å². The Morgan fingerprint density at radius 3 is 2.08 bits per heavy atom. The van der Waals surface area contributed by atoms with E-state index in [0.29, 0.717) is 11.5 Å². The molecule has 4 aliphatic rings. The lowest BCUT2D eigenvalue weighted by Crippen LogP contribution is -3.41. The molecule has 0 spiro atoms. The van der Waals surface area contributed by atoms with Crippen LogP contribution in [0.5, 0.6) is 11.5 Å². The third kappa shape index (κ3) is 2.33. The van der Waals surface area contributed by atoms with E-state index in [0.717, 1.165) is 57.4 Å². The number of phenolic OH excluding ortho intramolecular Hbond substituents is 1. The maximum absolute atomic E-state index is 13.5. The van der Waals surface area contributed by atoms with Gasteiger partial charge >= 0.3 is 0 Å². The topological polar surface area (TPSA) is 55.4 Å². The van der Waals surface area contributed by atoms with Crippen molar-refractivity contribution < 1.29 is 24.4 Å². The standard InChI is InChI=1S/C21H30N2O3/c1-4-9-20-11-22-13-21(10-5-2,19(20)25)14-23(12-20)18(22)15-7-6-8-16(26-3)17(15)24/h6-8,18,24H,4-5,9-14H2,1-3H3/p+2. The van der Waals surface area contributed by atoms with Crippen LogP contribution in [0.25, 0.3) is 0 Å². The molecule has 0 atom stereocenters. The first-order valence-corrected chi connectivity index (χ1v) is 10.1. The van der Waals surface area contributed by atoms with Crippen LogP contribution in [0.15, 0.2) is 18.2 Å². The van der Waals surface area contributed by atoms with Crippen molar-refractivity contribution in [1.29, 1.82) is 0 Å². The second-order valence-corrected chi connectivity index (χ2v) is 8.74. The number of quaternary nitrogens is 2. The minimum atomic E-state index is -0.157. The Morgan fingerprint density at radius 2 is 1.62 bits per heavy atom. The van der Waals surface area contributed by atoms with Gasteiger partial charge in [-0.1, -0.05) is 32.8 Å². The Labute approximate surface area is 155 Å². The molecule has 1 aromatic carbocycles. The average Bonchev–Trinajstić information content (AvgIpc) is 2.60. The van der Waals surface area contributed by atoms with Crippen LogP contribution in [-0.4, -0.2) is 44.2 Å². The van der Waals surface area contributed by atoms with Crippen LogP contribution in [0, 0.1) is 10.8 Å². The van der Waals surface area contributed by atoms with Gasteiger partial charge in [-0.3, -0.25) is 14.6 Å². The first-order valence-electron chi connectivity index (χ1n) is 10.1. The highest BCUT2D eigenvalue weighted by atomic mass is 16.5. The van der Waals surface area contributed by atoms with Crippen molar-refractivity contribution in [1.82, 2.24) is 0 Å². The molecular formula is C21H32N2O3+2. The lowest BCUT2D eigenvalue weighted by atomic mass is 9.57. The number of piperidine rings is 2. The number of ether oxygens (including phenoxy) is 1. The molecule has 26 heavy (non-hydrogen) atoms. The summed E-state index contributed by atoms with van der Waals surface area (Å²) >= 11 is 0. The molecule has 3 N–H and O–H groups in total. The predicted octanol–water partition coefficient (Wildman–Crippen LogP) is 0.352. The normalized spacial score (nSPS) is 38.0. The fourth-order valence-electron chi connectivity index (χ4n) is 6.48. The van der Waals surface area contributed by atoms with Crippen molar-refractivity contribution in [3.63, 3.8) is 0 Å². The Balaban J connectivity index is 1.75. The van der Waals surface area contributed by atoms with Crippen LogP contribution in [0.1, 0.15) is 51.3 Å². The van der Waals surface area contributed by atoms with E-state index < -0.39 is 0 Å². The van der Waals surface area contributed by atoms with Gasteiger partial charge in [0.05, 0.1) is 7.11 Å². The Hall–Kier alpha value is -1.59. The minimum Gasteiger partial charge on any atom is -0.504 e. The molecule has 1 aromatic rings. The highest BCUT2D eigenvalue weighted by Crippen LogP contribution is 2.43. The van der Waals surface area contributed by atoms with E-state index in [9.17, 15) is 9.90 Å². The summed E-state index contributed by atoms with van der Waals surface area (Å²) in [6, 6.07) is 5.81. The lowest BCUT2D eigenvalue weighted by Gasteiger charge is -2.60. The van der Waals surface area contributed by atoms with E-state index in [4.69, 9.17) is 4.74 Å². The van der Waals surface area contributed by atoms with Gasteiger partial charge in [0, 0.05) is 0 Å². The zero-order valence-corrected chi connectivity index (χ0v) is 16.2. The zero-order chi connectivity index (χ0) is 18.5. The summed E-state index contributed by atoms with van der Waals surface area (Å²) in [5, 5.41) is 10.7. The summed E-state index contributed by atoms with van der Waals surface area (Å²) in [7, 11) is 1.60. The fraction of sp³-hybridized carbons (Fsp3) is 0.667. The van der Waals surface area contributed by atoms with Gasteiger partial charge in [0.2, 0.25) is 6.17 Å². The molecule has 4 heterocycles. The van der Waals surface area contributed by atoms with Gasteiger partial charge in [-0.2, -0.15) is 0 Å². The van der Waals surface area contributed by atoms with Crippen LogP contribution in [0.3, 0.4) is 0 Å². The minimum absolute atomic E-state index is 0.157. The first-order chi connectivity index (χ1) is 12.5. The quantitative estimate of drug-likeness (QED) is 0.686. The molecule has 4 fully saturated rings. The Kier molecular flexibility index (Phi) is 4.27. The number of rotatable bonds is 6. The molecule has 4 bridgehead atoms. The second kappa shape index (κ2) is 6.24. The number of aromatic hydroxyl groups is 1. The number of Topliss-reactive ketones (excluding diaryl/α,β-unsaturated/α-hetero) is 1. The summed E-state index contributed by atoms with van der Waals surface area (Å²) < 4.78 is 5.34.